The van der Waals surface area contributed by atoms with Gasteiger partial charge in [-0.1, -0.05) is 151 Å². The molecule has 0 aliphatic carbocycles. The van der Waals surface area contributed by atoms with Crippen LogP contribution < -0.4 is 16.0 Å². The monoisotopic (exact) mass is 1500 g/mol. The zero-order valence-electron chi connectivity index (χ0n) is 56.5. The van der Waals surface area contributed by atoms with Gasteiger partial charge in [-0.05, 0) is 144 Å². The van der Waals surface area contributed by atoms with Crippen molar-refractivity contribution in [3.05, 3.63) is 262 Å². The number of carbonyl (C=O) groups excluding carboxylic acids is 2. The Bertz CT molecular complexity index is 5980. The first-order valence-electron chi connectivity index (χ1n) is 31.8. The molecular weight excluding hydrogens is 1440 g/mol. The summed E-state index contributed by atoms with van der Waals surface area (Å²) in [5.41, 5.74) is 5.82. The molecule has 1 aliphatic rings. The predicted octanol–water partition coefficient (Wildman–Crippen LogP) is 18.4. The Hall–Kier alpha value is -12.1. The maximum atomic E-state index is 13.2. The summed E-state index contributed by atoms with van der Waals surface area (Å²) in [4.78, 5) is 37.3. The Labute approximate surface area is 610 Å². The number of anilines is 3. The van der Waals surface area contributed by atoms with Crippen LogP contribution in [0.5, 0.6) is 17.2 Å². The van der Waals surface area contributed by atoms with Gasteiger partial charge in [0.2, 0.25) is 0 Å². The maximum Gasteiger partial charge on any atom is 0.339 e. The van der Waals surface area contributed by atoms with Crippen LogP contribution >= 0.6 is 11.8 Å². The number of para-hydroxylation sites is 2. The number of hydrogen-bond donors (Lipinski definition) is 10. The highest BCUT2D eigenvalue weighted by molar-refractivity contribution is 8.00. The van der Waals surface area contributed by atoms with E-state index in [1.807, 2.05) is 31.2 Å². The number of carboxylic acids is 1. The largest absolute Gasteiger partial charge is 0.505 e. The van der Waals surface area contributed by atoms with Crippen LogP contribution in [0.1, 0.15) is 69.8 Å². The number of phenols is 3. The summed E-state index contributed by atoms with van der Waals surface area (Å²) in [6.07, 6.45) is 0. The smallest absolute Gasteiger partial charge is 0.339 e. The van der Waals surface area contributed by atoms with Gasteiger partial charge in [-0.25, -0.2) is 4.79 Å². The Morgan fingerprint density at radius 1 is 0.472 bits per heavy atom. The topological polar surface area (TPSA) is 415 Å². The second kappa shape index (κ2) is 31.5. The molecule has 0 fully saturated rings. The fourth-order valence-electron chi connectivity index (χ4n) is 11.3. The van der Waals surface area contributed by atoms with Gasteiger partial charge in [-0.15, -0.1) is 25.6 Å². The molecule has 106 heavy (non-hydrogen) atoms. The lowest BCUT2D eigenvalue weighted by atomic mass is 10.0. The first-order valence-corrected chi connectivity index (χ1v) is 37.0. The van der Waals surface area contributed by atoms with Crippen molar-refractivity contribution in [1.82, 2.24) is 0 Å². The highest BCUT2D eigenvalue weighted by Crippen LogP contribution is 2.51. The van der Waals surface area contributed by atoms with E-state index < -0.39 is 75.2 Å². The number of amides is 2. The molecule has 0 saturated heterocycles. The second-order valence-corrected chi connectivity index (χ2v) is 29.2. The van der Waals surface area contributed by atoms with Crippen molar-refractivity contribution in [2.45, 2.75) is 59.3 Å². The van der Waals surface area contributed by atoms with Crippen molar-refractivity contribution in [1.29, 1.82) is 0 Å². The molecule has 2 amide bonds. The molecule has 0 bridgehead atoms. The van der Waals surface area contributed by atoms with E-state index in [2.05, 4.69) is 46.6 Å². The number of carboxylic acid groups (broad SMARTS) is 1. The quantitative estimate of drug-likeness (QED) is 0.0299. The number of aryl methyl sites for hydroxylation is 4. The lowest BCUT2D eigenvalue weighted by Crippen LogP contribution is -2.14. The summed E-state index contributed by atoms with van der Waals surface area (Å²) in [7, 11) is -12.0. The highest BCUT2D eigenvalue weighted by Gasteiger charge is 2.31. The molecule has 1 unspecified atom stereocenters. The minimum atomic E-state index is -4.57. The van der Waals surface area contributed by atoms with E-state index in [0.29, 0.717) is 76.7 Å². The molecule has 26 nitrogen and oxygen atoms in total. The Morgan fingerprint density at radius 3 is 1.38 bits per heavy atom. The van der Waals surface area contributed by atoms with Crippen molar-refractivity contribution in [2.75, 3.05) is 23.1 Å². The van der Waals surface area contributed by atoms with E-state index in [-0.39, 0.29) is 62.0 Å². The van der Waals surface area contributed by atoms with Crippen LogP contribution in [-0.4, -0.2) is 84.2 Å². The van der Waals surface area contributed by atoms with Crippen molar-refractivity contribution in [2.24, 2.45) is 30.7 Å². The van der Waals surface area contributed by atoms with Gasteiger partial charge >= 0.3 is 5.97 Å². The van der Waals surface area contributed by atoms with Gasteiger partial charge in [0.15, 0.2) is 17.2 Å². The minimum Gasteiger partial charge on any atom is -0.505 e. The zero-order valence-corrected chi connectivity index (χ0v) is 59.8. The minimum absolute atomic E-state index is 0.00473. The lowest BCUT2D eigenvalue weighted by molar-refractivity contribution is 0.0693. The molecular formula is C76H63N9O17S4. The number of nitrogens with zero attached hydrogens (tertiary/aromatic N) is 6. The van der Waals surface area contributed by atoms with E-state index in [0.717, 1.165) is 16.7 Å². The normalized spacial score (nSPS) is 12.9. The average Bonchev–Trinajstić information content (AvgIpc) is 1.38. The number of aromatic carboxylic acids is 1. The standard InChI is InChI=1S/C26H23N3O6S.C25H19N3O6S2.C25H21N3O5S/c1-16-11-12-22(23(13-16)36(32,33)34)28-29-24-19-9-5-3-7-17(19)14-20(25(24)30)26(31)27-21-10-6-4-8-18(21)15-35-2;1-13-6-11-19-22(23(13)36(32,33)34)35-24(26-19)14-7-9-16(10-8-14)27-28-20-17-5-3-2-4-15(17)12-18(21(20)29)25(30)31;1-15-11-12-21(22(13-15)34(31,32)33)27-28-23-18-9-5-4-8-17(18)14-19(24(23)29)25(30)26-20-10-6-3-7-16(20)2/h3-14,30H,15H2,1-2H3,(H,27,31)(H,32,33,34);2-12,24,26,29H,1H3,(H,30,31)(H,32,33,34);3-14,29H,1-2H3,(H,26,30)(H,31,32,33). The van der Waals surface area contributed by atoms with Crippen molar-refractivity contribution < 1.29 is 78.5 Å². The molecule has 0 spiro atoms. The van der Waals surface area contributed by atoms with Gasteiger partial charge in [-0.2, -0.15) is 30.4 Å². The third-order valence-electron chi connectivity index (χ3n) is 16.5. The molecule has 1 atom stereocenters. The summed E-state index contributed by atoms with van der Waals surface area (Å²) in [6, 6.07) is 58.7. The molecule has 10 N–H and O–H groups in total. The van der Waals surface area contributed by atoms with E-state index in [1.165, 1.54) is 48.2 Å². The third kappa shape index (κ3) is 16.9. The molecule has 30 heteroatoms. The summed E-state index contributed by atoms with van der Waals surface area (Å²) in [5.74, 6) is -3.69. The Balaban J connectivity index is 0.000000159. The first kappa shape index (κ1) is 75.0. The molecule has 0 aromatic heterocycles. The number of ether oxygens (including phenoxy) is 1. The summed E-state index contributed by atoms with van der Waals surface area (Å²) < 4.78 is 105. The third-order valence-corrected chi connectivity index (χ3v) is 20.7. The molecule has 1 heterocycles. The van der Waals surface area contributed by atoms with Crippen LogP contribution in [0.3, 0.4) is 0 Å². The van der Waals surface area contributed by atoms with Crippen LogP contribution in [-0.2, 0) is 41.7 Å². The number of hydrogen-bond acceptors (Lipinski definition) is 21. The number of azo groups is 3. The van der Waals surface area contributed by atoms with Gasteiger partial charge in [-0.3, -0.25) is 23.2 Å². The molecule has 12 aromatic rings. The summed E-state index contributed by atoms with van der Waals surface area (Å²) in [5, 5.41) is 78.4. The number of benzene rings is 12. The number of phenolic OH excluding ortho intramolecular Hbond substituents is 2. The van der Waals surface area contributed by atoms with Crippen LogP contribution in [0.25, 0.3) is 32.3 Å². The number of rotatable bonds is 17. The molecule has 0 radical (unpaired) electrons. The highest BCUT2D eigenvalue weighted by atomic mass is 32.2. The SMILES string of the molecule is COCc1ccccc1NC(=O)c1cc2ccccc2c(N=Nc2ccc(C)cc2S(=O)(=O)O)c1O.Cc1ccc(N=Nc2c(O)c(C(=O)Nc3ccccc3C)cc3ccccc23)c(S(=O)(=O)O)c1.Cc1ccc2c(c1S(=O)(=O)O)SC(c1ccc(N=Nc3c(O)c(C(=O)O)cc4ccccc34)cc1)N2. The first-order chi connectivity index (χ1) is 50.5. The molecule has 12 aromatic carbocycles. The summed E-state index contributed by atoms with van der Waals surface area (Å²) >= 11 is 1.29. The van der Waals surface area contributed by atoms with Gasteiger partial charge in [0.1, 0.15) is 54.1 Å². The van der Waals surface area contributed by atoms with E-state index >= 15 is 0 Å². The lowest BCUT2D eigenvalue weighted by Gasteiger charge is -2.13. The molecule has 13 rings (SSSR count). The number of methoxy groups -OCH3 is 1. The predicted molar refractivity (Wildman–Crippen MR) is 402 cm³/mol. The number of nitrogens with one attached hydrogen (secondary N) is 3. The van der Waals surface area contributed by atoms with Crippen LogP contribution in [0.4, 0.5) is 51.2 Å². The van der Waals surface area contributed by atoms with Crippen molar-refractivity contribution in [3.8, 4) is 17.2 Å². The Kier molecular flexibility index (Phi) is 22.3. The van der Waals surface area contributed by atoms with Crippen LogP contribution in [0, 0.1) is 27.7 Å². The van der Waals surface area contributed by atoms with E-state index in [4.69, 9.17) is 4.74 Å². The van der Waals surface area contributed by atoms with Crippen LogP contribution in [0.2, 0.25) is 0 Å². The van der Waals surface area contributed by atoms with Gasteiger partial charge in [0.05, 0.1) is 34.0 Å². The number of carbonyl (C=O) groups is 3. The number of aromatic hydroxyl groups is 3. The van der Waals surface area contributed by atoms with Gasteiger partial charge < -0.3 is 41.1 Å². The fraction of sp³-hybridized carbons (Fsp3) is 0.0921. The maximum absolute atomic E-state index is 13.2. The van der Waals surface area contributed by atoms with Gasteiger partial charge in [0.25, 0.3) is 42.2 Å². The van der Waals surface area contributed by atoms with E-state index in [9.17, 15) is 73.7 Å². The summed E-state index contributed by atoms with van der Waals surface area (Å²) in [6.45, 7) is 7.10. The van der Waals surface area contributed by atoms with Crippen molar-refractivity contribution >= 4 is 143 Å². The fourth-order valence-corrected chi connectivity index (χ4v) is 15.2. The number of thioether (sulfide) groups is 1. The average molecular weight is 1500 g/mol. The second-order valence-electron chi connectivity index (χ2n) is 23.9. The number of fused-ring (bicyclic) bond motifs is 4. The van der Waals surface area contributed by atoms with Crippen molar-refractivity contribution in [3.63, 3.8) is 0 Å². The van der Waals surface area contributed by atoms with Gasteiger partial charge in [0, 0.05) is 40.2 Å². The molecule has 0 saturated carbocycles. The zero-order chi connectivity index (χ0) is 75.9. The molecule has 1 aliphatic heterocycles. The molecule has 538 valence electrons. The van der Waals surface area contributed by atoms with Crippen LogP contribution in [0.15, 0.2) is 263 Å². The van der Waals surface area contributed by atoms with E-state index in [1.54, 1.807) is 180 Å². The Morgan fingerprint density at radius 2 is 0.906 bits per heavy atom.